The van der Waals surface area contributed by atoms with Crippen molar-refractivity contribution in [1.82, 2.24) is 4.98 Å². The van der Waals surface area contributed by atoms with Gasteiger partial charge in [-0.15, -0.1) is 0 Å². The quantitative estimate of drug-likeness (QED) is 0.881. The van der Waals surface area contributed by atoms with Gasteiger partial charge in [0.2, 0.25) is 0 Å². The molecule has 1 aromatic heterocycles. The molecule has 1 heterocycles. The topological polar surface area (TPSA) is 34.1 Å². The first kappa shape index (κ1) is 11.4. The Morgan fingerprint density at radius 2 is 2.06 bits per heavy atom. The van der Waals surface area contributed by atoms with E-state index in [0.717, 1.165) is 5.56 Å². The predicted octanol–water partition coefficient (Wildman–Crippen LogP) is 3.36. The van der Waals surface area contributed by atoms with E-state index in [1.807, 2.05) is 6.92 Å². The fraction of sp³-hybridized carbons (Fsp3) is 0.154. The van der Waals surface area contributed by atoms with Crippen molar-refractivity contribution in [1.29, 1.82) is 0 Å². The molecule has 17 heavy (non-hydrogen) atoms. The molecule has 4 heteroatoms. The second-order valence-electron chi connectivity index (χ2n) is 3.64. The monoisotopic (exact) mass is 232 g/mol. The Morgan fingerprint density at radius 3 is 2.82 bits per heavy atom. The van der Waals surface area contributed by atoms with Crippen molar-refractivity contribution >= 4 is 5.82 Å². The van der Waals surface area contributed by atoms with E-state index in [9.17, 15) is 4.39 Å². The highest BCUT2D eigenvalue weighted by Crippen LogP contribution is 2.26. The third-order valence-corrected chi connectivity index (χ3v) is 2.37. The maximum atomic E-state index is 13.1. The van der Waals surface area contributed by atoms with Gasteiger partial charge in [-0.2, -0.15) is 0 Å². The van der Waals surface area contributed by atoms with E-state index < -0.39 is 0 Å². The zero-order valence-corrected chi connectivity index (χ0v) is 9.70. The van der Waals surface area contributed by atoms with Gasteiger partial charge in [0.25, 0.3) is 0 Å². The van der Waals surface area contributed by atoms with E-state index in [-0.39, 0.29) is 5.82 Å². The first-order valence-electron chi connectivity index (χ1n) is 5.27. The summed E-state index contributed by atoms with van der Waals surface area (Å²) in [6, 6.07) is 7.95. The lowest BCUT2D eigenvalue weighted by Crippen LogP contribution is -1.93. The number of anilines is 1. The van der Waals surface area contributed by atoms with Crippen LogP contribution in [0.4, 0.5) is 10.2 Å². The second-order valence-corrected chi connectivity index (χ2v) is 3.64. The van der Waals surface area contributed by atoms with Gasteiger partial charge in [-0.25, -0.2) is 9.37 Å². The van der Waals surface area contributed by atoms with Crippen molar-refractivity contribution in [3.8, 4) is 11.5 Å². The molecule has 0 saturated heterocycles. The SMILES string of the molecule is CNc1cc(Oc2cc(F)ccc2C)ccn1. The minimum absolute atomic E-state index is 0.312. The number of aryl methyl sites for hydroxylation is 1. The Kier molecular flexibility index (Phi) is 3.23. The van der Waals surface area contributed by atoms with Gasteiger partial charge in [0, 0.05) is 25.4 Å². The molecule has 1 aromatic carbocycles. The first-order chi connectivity index (χ1) is 8.19. The average Bonchev–Trinajstić information content (AvgIpc) is 2.34. The summed E-state index contributed by atoms with van der Waals surface area (Å²) in [5, 5.41) is 2.91. The van der Waals surface area contributed by atoms with E-state index in [1.54, 1.807) is 31.4 Å². The van der Waals surface area contributed by atoms with Crippen molar-refractivity contribution < 1.29 is 9.13 Å². The third-order valence-electron chi connectivity index (χ3n) is 2.37. The predicted molar refractivity (Wildman–Crippen MR) is 65.0 cm³/mol. The lowest BCUT2D eigenvalue weighted by molar-refractivity contribution is 0.472. The Balaban J connectivity index is 2.27. The molecule has 88 valence electrons. The number of nitrogens with zero attached hydrogens (tertiary/aromatic N) is 1. The Hall–Kier alpha value is -2.10. The number of pyridine rings is 1. The van der Waals surface area contributed by atoms with E-state index in [2.05, 4.69) is 10.3 Å². The summed E-state index contributed by atoms with van der Waals surface area (Å²) < 4.78 is 18.7. The molecule has 0 unspecified atom stereocenters. The van der Waals surface area contributed by atoms with Gasteiger partial charge in [-0.3, -0.25) is 0 Å². The van der Waals surface area contributed by atoms with Crippen LogP contribution in [0.3, 0.4) is 0 Å². The van der Waals surface area contributed by atoms with Crippen molar-refractivity contribution in [2.24, 2.45) is 0 Å². The lowest BCUT2D eigenvalue weighted by Gasteiger charge is -2.09. The highest BCUT2D eigenvalue weighted by Gasteiger charge is 2.04. The van der Waals surface area contributed by atoms with E-state index in [0.29, 0.717) is 17.3 Å². The average molecular weight is 232 g/mol. The van der Waals surface area contributed by atoms with Crippen molar-refractivity contribution in [3.05, 3.63) is 47.9 Å². The van der Waals surface area contributed by atoms with Gasteiger partial charge in [0.05, 0.1) is 0 Å². The van der Waals surface area contributed by atoms with Gasteiger partial charge in [0.1, 0.15) is 23.1 Å². The molecule has 0 aliphatic carbocycles. The number of benzene rings is 1. The number of halogens is 1. The maximum absolute atomic E-state index is 13.1. The zero-order valence-electron chi connectivity index (χ0n) is 9.70. The van der Waals surface area contributed by atoms with Crippen molar-refractivity contribution in [3.63, 3.8) is 0 Å². The van der Waals surface area contributed by atoms with Crippen LogP contribution in [-0.4, -0.2) is 12.0 Å². The van der Waals surface area contributed by atoms with Gasteiger partial charge < -0.3 is 10.1 Å². The molecule has 1 N–H and O–H groups in total. The fourth-order valence-electron chi connectivity index (χ4n) is 1.42. The first-order valence-corrected chi connectivity index (χ1v) is 5.27. The summed E-state index contributed by atoms with van der Waals surface area (Å²) in [5.41, 5.74) is 0.884. The largest absolute Gasteiger partial charge is 0.457 e. The number of aromatic nitrogens is 1. The highest BCUT2D eigenvalue weighted by atomic mass is 19.1. The smallest absolute Gasteiger partial charge is 0.133 e. The number of hydrogen-bond donors (Lipinski definition) is 1. The number of nitrogens with one attached hydrogen (secondary N) is 1. The fourth-order valence-corrected chi connectivity index (χ4v) is 1.42. The Morgan fingerprint density at radius 1 is 1.24 bits per heavy atom. The Labute approximate surface area is 99.3 Å². The number of rotatable bonds is 3. The van der Waals surface area contributed by atoms with E-state index in [4.69, 9.17) is 4.74 Å². The van der Waals surface area contributed by atoms with Crippen molar-refractivity contribution in [2.45, 2.75) is 6.92 Å². The maximum Gasteiger partial charge on any atom is 0.133 e. The van der Waals surface area contributed by atoms with Crippen LogP contribution < -0.4 is 10.1 Å². The molecule has 0 radical (unpaired) electrons. The third kappa shape index (κ3) is 2.72. The molecule has 0 spiro atoms. The number of ether oxygens (including phenoxy) is 1. The van der Waals surface area contributed by atoms with Gasteiger partial charge >= 0.3 is 0 Å². The lowest BCUT2D eigenvalue weighted by atomic mass is 10.2. The summed E-state index contributed by atoms with van der Waals surface area (Å²) >= 11 is 0. The van der Waals surface area contributed by atoms with Crippen LogP contribution in [0.1, 0.15) is 5.56 Å². The standard InChI is InChI=1S/C13H13FN2O/c1-9-3-4-10(14)7-12(9)17-11-5-6-16-13(8-11)15-2/h3-8H,1-2H3,(H,15,16). The molecule has 2 aromatic rings. The zero-order chi connectivity index (χ0) is 12.3. The number of hydrogen-bond acceptors (Lipinski definition) is 3. The molecular formula is C13H13FN2O. The Bertz CT molecular complexity index is 529. The van der Waals surface area contributed by atoms with Gasteiger partial charge in [-0.05, 0) is 24.6 Å². The minimum Gasteiger partial charge on any atom is -0.457 e. The minimum atomic E-state index is -0.312. The van der Waals surface area contributed by atoms with Crippen LogP contribution >= 0.6 is 0 Å². The summed E-state index contributed by atoms with van der Waals surface area (Å²) in [6.07, 6.45) is 1.63. The summed E-state index contributed by atoms with van der Waals surface area (Å²) in [6.45, 7) is 1.87. The van der Waals surface area contributed by atoms with Crippen molar-refractivity contribution in [2.75, 3.05) is 12.4 Å². The van der Waals surface area contributed by atoms with Crippen LogP contribution in [0.15, 0.2) is 36.5 Å². The van der Waals surface area contributed by atoms with Crippen LogP contribution in [0, 0.1) is 12.7 Å². The molecule has 2 rings (SSSR count). The molecule has 0 fully saturated rings. The van der Waals surface area contributed by atoms with Gasteiger partial charge in [0.15, 0.2) is 0 Å². The van der Waals surface area contributed by atoms with E-state index >= 15 is 0 Å². The van der Waals surface area contributed by atoms with Gasteiger partial charge in [-0.1, -0.05) is 6.07 Å². The summed E-state index contributed by atoms with van der Waals surface area (Å²) in [7, 11) is 1.78. The van der Waals surface area contributed by atoms with Crippen LogP contribution in [0.5, 0.6) is 11.5 Å². The summed E-state index contributed by atoms with van der Waals surface area (Å²) in [4.78, 5) is 4.07. The van der Waals surface area contributed by atoms with Crippen LogP contribution in [0.2, 0.25) is 0 Å². The molecule has 0 amide bonds. The normalized spacial score (nSPS) is 10.1. The second kappa shape index (κ2) is 4.82. The molecule has 0 saturated carbocycles. The highest BCUT2D eigenvalue weighted by molar-refractivity contribution is 5.43. The molecule has 0 aliphatic rings. The van der Waals surface area contributed by atoms with Crippen LogP contribution in [-0.2, 0) is 0 Å². The van der Waals surface area contributed by atoms with E-state index in [1.165, 1.54) is 12.1 Å². The summed E-state index contributed by atoms with van der Waals surface area (Å²) in [5.74, 6) is 1.53. The molecule has 0 bridgehead atoms. The molecule has 0 aliphatic heterocycles. The van der Waals surface area contributed by atoms with Crippen LogP contribution in [0.25, 0.3) is 0 Å². The molecule has 0 atom stereocenters. The molecule has 3 nitrogen and oxygen atoms in total. The molecular weight excluding hydrogens is 219 g/mol.